The van der Waals surface area contributed by atoms with Crippen molar-refractivity contribution in [2.75, 3.05) is 33.9 Å². The number of thiophene rings is 1. The number of nitrogens with zero attached hydrogens (tertiary/aromatic N) is 2. The Balaban J connectivity index is 0.00000189. The molecule has 8 rings (SSSR count). The Morgan fingerprint density at radius 2 is 1.63 bits per heavy atom. The monoisotopic (exact) mass is 863 g/mol. The smallest absolute Gasteiger partial charge is 0.408 e. The predicted molar refractivity (Wildman–Crippen MR) is 221 cm³/mol. The molecule has 2 aromatic heterocycles. The molecule has 0 saturated carbocycles. The summed E-state index contributed by atoms with van der Waals surface area (Å²) >= 11 is 14.1. The summed E-state index contributed by atoms with van der Waals surface area (Å²) in [6, 6.07) is 25.6. The van der Waals surface area contributed by atoms with Crippen molar-refractivity contribution in [2.24, 2.45) is 5.92 Å². The third-order valence-corrected chi connectivity index (χ3v) is 11.9. The van der Waals surface area contributed by atoms with Gasteiger partial charge in [-0.25, -0.2) is 9.59 Å². The number of halogens is 2. The van der Waals surface area contributed by atoms with Gasteiger partial charge in [-0.3, -0.25) is 9.69 Å². The molecule has 3 aliphatic heterocycles. The number of piperidine rings is 3. The predicted octanol–water partition coefficient (Wildman–Crippen LogP) is 8.04. The fraction of sp³-hybridized carbons (Fsp3) is 0.302. The minimum Gasteiger partial charge on any atom is -0.619 e. The van der Waals surface area contributed by atoms with Crippen molar-refractivity contribution >= 4 is 53.1 Å². The van der Waals surface area contributed by atoms with Gasteiger partial charge in [-0.05, 0) is 84.9 Å². The summed E-state index contributed by atoms with van der Waals surface area (Å²) in [4.78, 5) is 38.8. The van der Waals surface area contributed by atoms with Crippen LogP contribution in [0.4, 0.5) is 4.79 Å². The second-order valence-corrected chi connectivity index (χ2v) is 15.8. The summed E-state index contributed by atoms with van der Waals surface area (Å²) < 4.78 is 29.7. The van der Waals surface area contributed by atoms with E-state index in [1.807, 2.05) is 60.7 Å². The normalized spacial score (nSPS) is 17.7. The quantitative estimate of drug-likeness (QED) is 0.0482. The lowest BCUT2D eigenvalue weighted by molar-refractivity contribution is -0.605. The van der Waals surface area contributed by atoms with Gasteiger partial charge >= 0.3 is 12.1 Å². The van der Waals surface area contributed by atoms with Crippen molar-refractivity contribution in [3.05, 3.63) is 145 Å². The lowest BCUT2D eigenvalue weighted by Crippen LogP contribution is -2.52. The van der Waals surface area contributed by atoms with Crippen LogP contribution < -0.4 is 24.3 Å². The first-order valence-corrected chi connectivity index (χ1v) is 20.3. The van der Waals surface area contributed by atoms with Gasteiger partial charge in [0.15, 0.2) is 23.9 Å². The van der Waals surface area contributed by atoms with Crippen LogP contribution in [0.15, 0.2) is 97.3 Å². The van der Waals surface area contributed by atoms with Gasteiger partial charge in [-0.15, -0.1) is 11.3 Å². The summed E-state index contributed by atoms with van der Waals surface area (Å²) in [7, 11) is 3.04. The number of hydrogen-bond donors (Lipinski definition) is 2. The molecule has 2 N–H and O–H groups in total. The standard InChI is InChI=1S/C42H41Cl2N3O8S.CH2O2/c1-51-35-13-11-28(20-37(35)52-2)36(21-32-33(43)22-47(50)23-34(32)44)54-41(48)39-14-12-31(56-39)25-53-30-10-6-9-29(19-30)40(27-7-4-3-5-8-27)45-42(49)55-38-24-46-17-15-26(38)16-18-46;2-1-3/h3-14,19-20,22-23,26,36,38,40H,15-18,21,24-25H2,1-2H3,(H,45,49);1H,(H,2,3)/t36-,38-,40-;/m0./s1. The van der Waals surface area contributed by atoms with Crippen molar-refractivity contribution in [1.82, 2.24) is 10.2 Å². The number of aromatic nitrogens is 1. The first-order chi connectivity index (χ1) is 28.6. The van der Waals surface area contributed by atoms with Crippen molar-refractivity contribution < 1.29 is 47.9 Å². The summed E-state index contributed by atoms with van der Waals surface area (Å²) in [6.07, 6.45) is 3.19. The lowest BCUT2D eigenvalue weighted by atomic mass is 9.86. The second kappa shape index (κ2) is 20.4. The van der Waals surface area contributed by atoms with E-state index in [-0.39, 0.29) is 35.6 Å². The number of benzene rings is 3. The maximum atomic E-state index is 13.6. The Kier molecular flexibility index (Phi) is 14.9. The number of ether oxygens (including phenoxy) is 5. The van der Waals surface area contributed by atoms with Crippen LogP contribution in [0.1, 0.15) is 61.8 Å². The maximum Gasteiger partial charge on any atom is 0.408 e. The fourth-order valence-electron chi connectivity index (χ4n) is 7.22. The number of hydrogen-bond acceptors (Lipinski definition) is 11. The third-order valence-electron chi connectivity index (χ3n) is 10.2. The molecule has 16 heteroatoms. The minimum atomic E-state index is -0.844. The fourth-order valence-corrected chi connectivity index (χ4v) is 8.62. The average molecular weight is 865 g/mol. The highest BCUT2D eigenvalue weighted by atomic mass is 35.5. The first kappa shape index (κ1) is 43.0. The number of nitrogens with one attached hydrogen (secondary N) is 1. The van der Waals surface area contributed by atoms with E-state index in [0.717, 1.165) is 48.5 Å². The van der Waals surface area contributed by atoms with Gasteiger partial charge in [0.05, 0.1) is 20.3 Å². The molecule has 3 atom stereocenters. The number of pyridine rings is 1. The molecule has 2 bridgehead atoms. The molecular formula is C43H43Cl2N3O10S. The van der Waals surface area contributed by atoms with E-state index in [0.29, 0.717) is 43.9 Å². The number of carboxylic acid groups (broad SMARTS) is 1. The highest BCUT2D eigenvalue weighted by Gasteiger charge is 2.37. The number of fused-ring (bicyclic) bond motifs is 3. The van der Waals surface area contributed by atoms with E-state index in [9.17, 15) is 14.8 Å². The van der Waals surface area contributed by atoms with Gasteiger partial charge in [0.1, 0.15) is 39.5 Å². The molecule has 59 heavy (non-hydrogen) atoms. The number of amides is 1. The Labute approximate surface area is 355 Å². The van der Waals surface area contributed by atoms with Crippen molar-refractivity contribution in [3.8, 4) is 17.2 Å². The molecule has 1 amide bonds. The number of carbonyl (C=O) groups is 3. The van der Waals surface area contributed by atoms with E-state index < -0.39 is 24.2 Å². The Bertz CT molecular complexity index is 2190. The molecule has 310 valence electrons. The van der Waals surface area contributed by atoms with Gasteiger partial charge in [0.25, 0.3) is 6.47 Å². The Morgan fingerprint density at radius 1 is 0.932 bits per heavy atom. The van der Waals surface area contributed by atoms with Gasteiger partial charge in [-0.2, -0.15) is 4.73 Å². The van der Waals surface area contributed by atoms with E-state index in [2.05, 4.69) is 10.2 Å². The molecule has 3 aliphatic rings. The zero-order valence-electron chi connectivity index (χ0n) is 32.3. The molecule has 3 aromatic carbocycles. The van der Waals surface area contributed by atoms with Crippen LogP contribution >= 0.6 is 34.5 Å². The Hall–Kier alpha value is -5.54. The highest BCUT2D eigenvalue weighted by Crippen LogP contribution is 2.36. The zero-order valence-corrected chi connectivity index (χ0v) is 34.6. The summed E-state index contributed by atoms with van der Waals surface area (Å²) in [5.41, 5.74) is 2.80. The van der Waals surface area contributed by atoms with E-state index in [4.69, 9.17) is 56.8 Å². The summed E-state index contributed by atoms with van der Waals surface area (Å²) in [5.74, 6) is 1.39. The maximum absolute atomic E-state index is 13.6. The van der Waals surface area contributed by atoms with Gasteiger partial charge in [0, 0.05) is 23.4 Å². The van der Waals surface area contributed by atoms with Gasteiger partial charge in [-0.1, -0.05) is 71.7 Å². The molecule has 0 spiro atoms. The molecule has 0 radical (unpaired) electrons. The van der Waals surface area contributed by atoms with Crippen LogP contribution in [0.3, 0.4) is 0 Å². The molecule has 0 aliphatic carbocycles. The average Bonchev–Trinajstić information content (AvgIpc) is 3.73. The SMILES string of the molecule is COc1ccc([C@H](Cc2c(Cl)c[n+]([O-])cc2Cl)OC(=O)c2ccc(COc3cccc([C@@H](NC(=O)O[C@H]4CN5CCC4CC5)c4ccccc4)c3)s2)cc1OC.O=CO. The van der Waals surface area contributed by atoms with Crippen LogP contribution in [-0.2, 0) is 27.3 Å². The first-order valence-electron chi connectivity index (χ1n) is 18.7. The Morgan fingerprint density at radius 3 is 2.29 bits per heavy atom. The van der Waals surface area contributed by atoms with Crippen molar-refractivity contribution in [3.63, 3.8) is 0 Å². The van der Waals surface area contributed by atoms with E-state index >= 15 is 0 Å². The molecule has 5 heterocycles. The summed E-state index contributed by atoms with van der Waals surface area (Å²) in [5, 5.41) is 22.2. The zero-order chi connectivity index (χ0) is 41.9. The van der Waals surface area contributed by atoms with Crippen molar-refractivity contribution in [1.29, 1.82) is 0 Å². The molecular weight excluding hydrogens is 821 g/mol. The summed E-state index contributed by atoms with van der Waals surface area (Å²) in [6.45, 7) is 2.85. The number of alkyl carbamates (subject to hydrolysis) is 1. The van der Waals surface area contributed by atoms with Crippen LogP contribution in [0.5, 0.6) is 17.2 Å². The molecule has 3 fully saturated rings. The molecule has 13 nitrogen and oxygen atoms in total. The minimum absolute atomic E-state index is 0.0909. The number of esters is 1. The lowest BCUT2D eigenvalue weighted by Gasteiger charge is -2.43. The number of methoxy groups -OCH3 is 2. The highest BCUT2D eigenvalue weighted by molar-refractivity contribution is 7.13. The van der Waals surface area contributed by atoms with Crippen LogP contribution in [0.2, 0.25) is 10.0 Å². The second-order valence-electron chi connectivity index (χ2n) is 13.8. The third kappa shape index (κ3) is 11.1. The van der Waals surface area contributed by atoms with Crippen LogP contribution in [-0.4, -0.2) is 68.5 Å². The molecule has 0 unspecified atom stereocenters. The topological polar surface area (TPSA) is 160 Å². The number of rotatable bonds is 14. The number of carbonyl (C=O) groups excluding carboxylic acids is 2. The van der Waals surface area contributed by atoms with Crippen LogP contribution in [0, 0.1) is 11.1 Å². The molecule has 3 saturated heterocycles. The van der Waals surface area contributed by atoms with Gasteiger partial charge in [0.2, 0.25) is 0 Å². The van der Waals surface area contributed by atoms with Gasteiger partial charge < -0.3 is 39.3 Å². The molecule has 5 aromatic rings. The van der Waals surface area contributed by atoms with Crippen LogP contribution in [0.25, 0.3) is 0 Å². The van der Waals surface area contributed by atoms with E-state index in [1.54, 1.807) is 24.3 Å². The van der Waals surface area contributed by atoms with E-state index in [1.165, 1.54) is 38.0 Å². The largest absolute Gasteiger partial charge is 0.619 e. The van der Waals surface area contributed by atoms with Crippen molar-refractivity contribution in [2.45, 2.75) is 44.1 Å².